The largest absolute Gasteiger partial charge is 0.342 e. The first-order valence-corrected chi connectivity index (χ1v) is 8.20. The average molecular weight is 312 g/mol. The molecule has 1 aliphatic heterocycles. The van der Waals surface area contributed by atoms with Crippen LogP contribution in [-0.4, -0.2) is 38.7 Å². The summed E-state index contributed by atoms with van der Waals surface area (Å²) >= 11 is 0. The molecule has 5 heteroatoms. The van der Waals surface area contributed by atoms with Crippen molar-refractivity contribution in [1.82, 2.24) is 19.7 Å². The summed E-state index contributed by atoms with van der Waals surface area (Å²) in [5.41, 5.74) is 1.79. The van der Waals surface area contributed by atoms with E-state index in [1.54, 1.807) is 12.7 Å². The summed E-state index contributed by atoms with van der Waals surface area (Å²) in [4.78, 5) is 19.1. The zero-order chi connectivity index (χ0) is 16.4. The van der Waals surface area contributed by atoms with Crippen molar-refractivity contribution in [1.29, 1.82) is 0 Å². The van der Waals surface area contributed by atoms with Gasteiger partial charge in [0.05, 0.1) is 11.5 Å². The van der Waals surface area contributed by atoms with E-state index >= 15 is 0 Å². The fourth-order valence-electron chi connectivity index (χ4n) is 3.52. The molecule has 1 saturated heterocycles. The van der Waals surface area contributed by atoms with Crippen LogP contribution < -0.4 is 0 Å². The topological polar surface area (TPSA) is 51.0 Å². The van der Waals surface area contributed by atoms with Crippen LogP contribution in [0.5, 0.6) is 0 Å². The van der Waals surface area contributed by atoms with E-state index in [0.29, 0.717) is 6.04 Å². The third-order valence-corrected chi connectivity index (χ3v) is 4.92. The zero-order valence-corrected chi connectivity index (χ0v) is 14.1. The molecule has 0 aliphatic carbocycles. The molecular formula is C18H24N4O. The van der Waals surface area contributed by atoms with E-state index in [-0.39, 0.29) is 5.91 Å². The van der Waals surface area contributed by atoms with Crippen LogP contribution in [0.25, 0.3) is 0 Å². The highest BCUT2D eigenvalue weighted by molar-refractivity contribution is 5.87. The number of benzene rings is 1. The Labute approximate surface area is 137 Å². The molecule has 0 spiro atoms. The van der Waals surface area contributed by atoms with E-state index in [4.69, 9.17) is 0 Å². The number of carbonyl (C=O) groups is 1. The second-order valence-corrected chi connectivity index (χ2v) is 6.84. The number of likely N-dealkylation sites (tertiary alicyclic amines) is 1. The molecule has 3 rings (SSSR count). The van der Waals surface area contributed by atoms with Crippen molar-refractivity contribution in [2.24, 2.45) is 0 Å². The Bertz CT molecular complexity index is 670. The summed E-state index contributed by atoms with van der Waals surface area (Å²) in [7, 11) is 0. The molecule has 5 nitrogen and oxygen atoms in total. The maximum atomic E-state index is 13.1. The van der Waals surface area contributed by atoms with Crippen molar-refractivity contribution in [2.75, 3.05) is 13.1 Å². The number of hydrogen-bond acceptors (Lipinski definition) is 3. The summed E-state index contributed by atoms with van der Waals surface area (Å²) in [5, 5.41) is 4.22. The summed E-state index contributed by atoms with van der Waals surface area (Å²) in [5.74, 6) is 0.212. The van der Waals surface area contributed by atoms with Crippen molar-refractivity contribution in [3.05, 3.63) is 48.0 Å². The van der Waals surface area contributed by atoms with Gasteiger partial charge in [0.2, 0.25) is 5.91 Å². The predicted octanol–water partition coefficient (Wildman–Crippen LogP) is 2.73. The lowest BCUT2D eigenvalue weighted by Crippen LogP contribution is -2.47. The number of nitrogens with zero attached hydrogens (tertiary/aromatic N) is 4. The second-order valence-electron chi connectivity index (χ2n) is 6.84. The normalized spacial score (nSPS) is 16.6. The van der Waals surface area contributed by atoms with E-state index in [1.807, 2.05) is 35.6 Å². The van der Waals surface area contributed by atoms with E-state index < -0.39 is 5.41 Å². The third kappa shape index (κ3) is 3.00. The van der Waals surface area contributed by atoms with Gasteiger partial charge in [-0.2, -0.15) is 5.10 Å². The molecule has 1 aromatic carbocycles. The highest BCUT2D eigenvalue weighted by Gasteiger charge is 2.36. The molecule has 23 heavy (non-hydrogen) atoms. The van der Waals surface area contributed by atoms with E-state index in [2.05, 4.69) is 29.1 Å². The van der Waals surface area contributed by atoms with Gasteiger partial charge in [-0.1, -0.05) is 24.3 Å². The molecule has 1 aliphatic rings. The van der Waals surface area contributed by atoms with Crippen LogP contribution in [0.1, 0.15) is 43.9 Å². The number of piperidine rings is 1. The fraction of sp³-hybridized carbons (Fsp3) is 0.500. The quantitative estimate of drug-likeness (QED) is 0.875. The maximum Gasteiger partial charge on any atom is 0.232 e. The standard InChI is InChI=1S/C18H24N4O/c1-14-6-4-5-7-16(14)18(2,3)17(23)21-10-8-15(9-11-21)22-13-19-12-20-22/h4-7,12-13,15H,8-11H2,1-3H3. The van der Waals surface area contributed by atoms with Crippen LogP contribution >= 0.6 is 0 Å². The second kappa shape index (κ2) is 6.14. The van der Waals surface area contributed by atoms with Crippen molar-refractivity contribution in [2.45, 2.75) is 45.1 Å². The Morgan fingerprint density at radius 1 is 1.22 bits per heavy atom. The average Bonchev–Trinajstić information content (AvgIpc) is 3.09. The molecule has 2 aromatic rings. The van der Waals surface area contributed by atoms with E-state index in [9.17, 15) is 4.79 Å². The smallest absolute Gasteiger partial charge is 0.232 e. The van der Waals surface area contributed by atoms with Crippen molar-refractivity contribution in [3.63, 3.8) is 0 Å². The van der Waals surface area contributed by atoms with Gasteiger partial charge in [-0.25, -0.2) is 9.67 Å². The molecule has 0 unspecified atom stereocenters. The Morgan fingerprint density at radius 2 is 1.91 bits per heavy atom. The van der Waals surface area contributed by atoms with Crippen LogP contribution in [0.15, 0.2) is 36.9 Å². The lowest BCUT2D eigenvalue weighted by molar-refractivity contribution is -0.137. The van der Waals surface area contributed by atoms with Gasteiger partial charge in [0.15, 0.2) is 0 Å². The van der Waals surface area contributed by atoms with Crippen LogP contribution in [0.4, 0.5) is 0 Å². The van der Waals surface area contributed by atoms with Crippen LogP contribution in [0, 0.1) is 6.92 Å². The van der Waals surface area contributed by atoms with Gasteiger partial charge in [0.1, 0.15) is 12.7 Å². The number of aromatic nitrogens is 3. The number of aryl methyl sites for hydroxylation is 1. The minimum atomic E-state index is -0.495. The number of carbonyl (C=O) groups excluding carboxylic acids is 1. The third-order valence-electron chi connectivity index (χ3n) is 4.92. The SMILES string of the molecule is Cc1ccccc1C(C)(C)C(=O)N1CCC(n2cncn2)CC1. The number of amides is 1. The Kier molecular flexibility index (Phi) is 4.20. The van der Waals surface area contributed by atoms with Gasteiger partial charge in [-0.15, -0.1) is 0 Å². The molecule has 1 amide bonds. The molecule has 1 fully saturated rings. The first-order valence-electron chi connectivity index (χ1n) is 8.20. The summed E-state index contributed by atoms with van der Waals surface area (Å²) in [6, 6.07) is 8.51. The first-order chi connectivity index (χ1) is 11.0. The van der Waals surface area contributed by atoms with Crippen molar-refractivity contribution >= 4 is 5.91 Å². The zero-order valence-electron chi connectivity index (χ0n) is 14.1. The Balaban J connectivity index is 1.70. The molecule has 122 valence electrons. The lowest BCUT2D eigenvalue weighted by Gasteiger charge is -2.37. The Hall–Kier alpha value is -2.17. The van der Waals surface area contributed by atoms with Crippen LogP contribution in [0.2, 0.25) is 0 Å². The summed E-state index contributed by atoms with van der Waals surface area (Å²) in [6.45, 7) is 7.68. The molecule has 2 heterocycles. The lowest BCUT2D eigenvalue weighted by atomic mass is 9.80. The molecule has 0 atom stereocenters. The molecular weight excluding hydrogens is 288 g/mol. The van der Waals surface area contributed by atoms with Gasteiger partial charge >= 0.3 is 0 Å². The van der Waals surface area contributed by atoms with Crippen LogP contribution in [-0.2, 0) is 10.2 Å². The van der Waals surface area contributed by atoms with E-state index in [1.165, 1.54) is 5.56 Å². The highest BCUT2D eigenvalue weighted by atomic mass is 16.2. The van der Waals surface area contributed by atoms with Crippen LogP contribution in [0.3, 0.4) is 0 Å². The van der Waals surface area contributed by atoms with Crippen molar-refractivity contribution in [3.8, 4) is 0 Å². The molecule has 1 aromatic heterocycles. The molecule has 0 bridgehead atoms. The van der Waals surface area contributed by atoms with E-state index in [0.717, 1.165) is 31.5 Å². The summed E-state index contributed by atoms with van der Waals surface area (Å²) < 4.78 is 1.91. The van der Waals surface area contributed by atoms with Gasteiger partial charge in [-0.3, -0.25) is 4.79 Å². The molecule has 0 N–H and O–H groups in total. The van der Waals surface area contributed by atoms with Gasteiger partial charge < -0.3 is 4.90 Å². The monoisotopic (exact) mass is 312 g/mol. The minimum absolute atomic E-state index is 0.212. The fourth-order valence-corrected chi connectivity index (χ4v) is 3.52. The van der Waals surface area contributed by atoms with Gasteiger partial charge in [0, 0.05) is 13.1 Å². The highest BCUT2D eigenvalue weighted by Crippen LogP contribution is 2.31. The Morgan fingerprint density at radius 3 is 2.52 bits per heavy atom. The van der Waals surface area contributed by atoms with Gasteiger partial charge in [0.25, 0.3) is 0 Å². The summed E-state index contributed by atoms with van der Waals surface area (Å²) in [6.07, 6.45) is 5.19. The molecule has 0 radical (unpaired) electrons. The minimum Gasteiger partial charge on any atom is -0.342 e. The number of rotatable bonds is 3. The maximum absolute atomic E-state index is 13.1. The van der Waals surface area contributed by atoms with Crippen molar-refractivity contribution < 1.29 is 4.79 Å². The first kappa shape index (κ1) is 15.7. The molecule has 0 saturated carbocycles. The van der Waals surface area contributed by atoms with Gasteiger partial charge in [-0.05, 0) is 44.7 Å². The predicted molar refractivity (Wildman–Crippen MR) is 89.1 cm³/mol. The number of hydrogen-bond donors (Lipinski definition) is 0.